The molecule has 0 unspecified atom stereocenters. The summed E-state index contributed by atoms with van der Waals surface area (Å²) in [5.74, 6) is 0.372. The smallest absolute Gasteiger partial charge is 0.255 e. The maximum Gasteiger partial charge on any atom is 0.255 e. The van der Waals surface area contributed by atoms with E-state index in [2.05, 4.69) is 5.32 Å². The van der Waals surface area contributed by atoms with Crippen LogP contribution in [0.5, 0.6) is 5.75 Å². The first kappa shape index (κ1) is 23.3. The van der Waals surface area contributed by atoms with E-state index in [1.54, 1.807) is 37.4 Å². The summed E-state index contributed by atoms with van der Waals surface area (Å²) >= 11 is 0. The van der Waals surface area contributed by atoms with Gasteiger partial charge in [0.25, 0.3) is 5.91 Å². The first-order chi connectivity index (χ1) is 15.1. The van der Waals surface area contributed by atoms with E-state index in [9.17, 15) is 13.2 Å². The number of rotatable bonds is 7. The maximum absolute atomic E-state index is 12.9. The van der Waals surface area contributed by atoms with E-state index in [0.29, 0.717) is 28.3 Å². The Hall–Kier alpha value is -3.32. The maximum atomic E-state index is 12.9. The third kappa shape index (κ3) is 5.48. The fourth-order valence-corrected chi connectivity index (χ4v) is 4.19. The highest BCUT2D eigenvalue weighted by Gasteiger charge is 2.19. The number of hydrogen-bond donors (Lipinski definition) is 1. The van der Waals surface area contributed by atoms with Crippen LogP contribution in [0.15, 0.2) is 60.7 Å². The summed E-state index contributed by atoms with van der Waals surface area (Å²) < 4.78 is 31.6. The molecule has 32 heavy (non-hydrogen) atoms. The lowest BCUT2D eigenvalue weighted by atomic mass is 10.1. The number of aryl methyl sites for hydroxylation is 3. The Balaban J connectivity index is 1.87. The van der Waals surface area contributed by atoms with Gasteiger partial charge in [-0.15, -0.1) is 0 Å². The lowest BCUT2D eigenvalue weighted by Crippen LogP contribution is -2.29. The number of amides is 1. The summed E-state index contributed by atoms with van der Waals surface area (Å²) in [6.45, 7) is 5.96. The van der Waals surface area contributed by atoms with Gasteiger partial charge in [0.1, 0.15) is 5.75 Å². The number of anilines is 2. The molecule has 3 aromatic rings. The third-order valence-electron chi connectivity index (χ3n) is 5.39. The van der Waals surface area contributed by atoms with Gasteiger partial charge >= 0.3 is 0 Å². The molecule has 0 bridgehead atoms. The van der Waals surface area contributed by atoms with Crippen LogP contribution >= 0.6 is 0 Å². The second kappa shape index (κ2) is 9.44. The van der Waals surface area contributed by atoms with Gasteiger partial charge in [-0.25, -0.2) is 8.42 Å². The second-order valence-electron chi connectivity index (χ2n) is 7.87. The fourth-order valence-electron chi connectivity index (χ4n) is 3.31. The Morgan fingerprint density at radius 2 is 1.66 bits per heavy atom. The van der Waals surface area contributed by atoms with Gasteiger partial charge in [-0.1, -0.05) is 24.3 Å². The van der Waals surface area contributed by atoms with Gasteiger partial charge in [0.2, 0.25) is 10.0 Å². The van der Waals surface area contributed by atoms with Crippen molar-refractivity contribution in [1.29, 1.82) is 0 Å². The lowest BCUT2D eigenvalue weighted by Gasteiger charge is -2.23. The average Bonchev–Trinajstić information content (AvgIpc) is 2.75. The number of ether oxygens (including phenoxy) is 1. The highest BCUT2D eigenvalue weighted by molar-refractivity contribution is 7.92. The van der Waals surface area contributed by atoms with E-state index >= 15 is 0 Å². The summed E-state index contributed by atoms with van der Waals surface area (Å²) in [7, 11) is -1.95. The molecule has 0 saturated heterocycles. The van der Waals surface area contributed by atoms with Crippen molar-refractivity contribution < 1.29 is 17.9 Å². The highest BCUT2D eigenvalue weighted by Crippen LogP contribution is 2.25. The van der Waals surface area contributed by atoms with Gasteiger partial charge in [0.15, 0.2) is 0 Å². The topological polar surface area (TPSA) is 75.7 Å². The van der Waals surface area contributed by atoms with E-state index in [0.717, 1.165) is 16.7 Å². The SMILES string of the molecule is COc1ccc(C)c(NC(=O)c2cccc(CN(c3ccc(C)c(C)c3)S(C)(=O)=O)c2)c1. The number of sulfonamides is 1. The van der Waals surface area contributed by atoms with Crippen molar-refractivity contribution in [3.63, 3.8) is 0 Å². The van der Waals surface area contributed by atoms with Crippen LogP contribution in [0.1, 0.15) is 32.6 Å². The predicted molar refractivity (Wildman–Crippen MR) is 129 cm³/mol. The van der Waals surface area contributed by atoms with Gasteiger partial charge < -0.3 is 10.1 Å². The van der Waals surface area contributed by atoms with Crippen LogP contribution in [-0.4, -0.2) is 27.7 Å². The Morgan fingerprint density at radius 1 is 0.938 bits per heavy atom. The zero-order valence-electron chi connectivity index (χ0n) is 19.0. The Morgan fingerprint density at radius 3 is 2.31 bits per heavy atom. The van der Waals surface area contributed by atoms with Crippen LogP contribution in [0.25, 0.3) is 0 Å². The molecule has 3 rings (SSSR count). The van der Waals surface area contributed by atoms with Crippen molar-refractivity contribution in [3.8, 4) is 5.75 Å². The highest BCUT2D eigenvalue weighted by atomic mass is 32.2. The molecule has 0 fully saturated rings. The van der Waals surface area contributed by atoms with E-state index in [1.165, 1.54) is 10.6 Å². The van der Waals surface area contributed by atoms with Gasteiger partial charge in [-0.05, 0) is 73.4 Å². The van der Waals surface area contributed by atoms with Gasteiger partial charge in [0, 0.05) is 17.3 Å². The first-order valence-corrected chi connectivity index (χ1v) is 12.0. The fraction of sp³-hybridized carbons (Fsp3) is 0.240. The van der Waals surface area contributed by atoms with Crippen molar-refractivity contribution in [2.45, 2.75) is 27.3 Å². The summed E-state index contributed by atoms with van der Waals surface area (Å²) in [6.07, 6.45) is 1.18. The standard InChI is InChI=1S/C25H28N2O4S/c1-17-9-11-22(13-19(17)3)27(32(5,29)30)16-20-7-6-8-21(14-20)25(28)26-24-15-23(31-4)12-10-18(24)2/h6-15H,16H2,1-5H3,(H,26,28). The van der Waals surface area contributed by atoms with Crippen LogP contribution in [-0.2, 0) is 16.6 Å². The van der Waals surface area contributed by atoms with Gasteiger partial charge in [-0.2, -0.15) is 0 Å². The molecular weight excluding hydrogens is 424 g/mol. The molecule has 0 aromatic heterocycles. The zero-order valence-corrected chi connectivity index (χ0v) is 19.8. The Kier molecular flexibility index (Phi) is 6.89. The third-order valence-corrected chi connectivity index (χ3v) is 6.53. The Labute approximate surface area is 189 Å². The molecule has 168 valence electrons. The molecule has 3 aromatic carbocycles. The van der Waals surface area contributed by atoms with Crippen molar-refractivity contribution >= 4 is 27.3 Å². The first-order valence-electron chi connectivity index (χ1n) is 10.2. The zero-order chi connectivity index (χ0) is 23.5. The quantitative estimate of drug-likeness (QED) is 0.557. The minimum atomic E-state index is -3.52. The summed E-state index contributed by atoms with van der Waals surface area (Å²) in [6, 6.07) is 18.0. The monoisotopic (exact) mass is 452 g/mol. The molecule has 7 heteroatoms. The normalized spacial score (nSPS) is 11.2. The summed E-state index contributed by atoms with van der Waals surface area (Å²) in [5.41, 5.74) is 5.42. The molecule has 0 aliphatic heterocycles. The molecule has 0 radical (unpaired) electrons. The Bertz CT molecular complexity index is 1250. The average molecular weight is 453 g/mol. The molecule has 0 saturated carbocycles. The summed E-state index contributed by atoms with van der Waals surface area (Å²) in [5, 5.41) is 2.91. The van der Waals surface area contributed by atoms with Crippen molar-refractivity contribution in [3.05, 3.63) is 88.5 Å². The molecule has 6 nitrogen and oxygen atoms in total. The van der Waals surface area contributed by atoms with Crippen molar-refractivity contribution in [1.82, 2.24) is 0 Å². The lowest BCUT2D eigenvalue weighted by molar-refractivity contribution is 0.102. The largest absolute Gasteiger partial charge is 0.497 e. The van der Waals surface area contributed by atoms with E-state index in [1.807, 2.05) is 51.1 Å². The van der Waals surface area contributed by atoms with Crippen LogP contribution < -0.4 is 14.4 Å². The van der Waals surface area contributed by atoms with Crippen LogP contribution in [0.3, 0.4) is 0 Å². The second-order valence-corrected chi connectivity index (χ2v) is 9.78. The molecule has 0 atom stereocenters. The molecule has 1 amide bonds. The number of carbonyl (C=O) groups excluding carboxylic acids is 1. The molecular formula is C25H28N2O4S. The van der Waals surface area contributed by atoms with Gasteiger partial charge in [0.05, 0.1) is 25.6 Å². The van der Waals surface area contributed by atoms with Crippen molar-refractivity contribution in [2.24, 2.45) is 0 Å². The molecule has 0 heterocycles. The molecule has 0 aliphatic rings. The minimum Gasteiger partial charge on any atom is -0.497 e. The van der Waals surface area contributed by atoms with E-state index in [4.69, 9.17) is 4.74 Å². The number of carbonyl (C=O) groups is 1. The van der Waals surface area contributed by atoms with Crippen LogP contribution in [0, 0.1) is 20.8 Å². The minimum absolute atomic E-state index is 0.126. The number of benzene rings is 3. The van der Waals surface area contributed by atoms with Crippen LogP contribution in [0.4, 0.5) is 11.4 Å². The predicted octanol–water partition coefficient (Wildman–Crippen LogP) is 4.84. The van der Waals surface area contributed by atoms with Gasteiger partial charge in [-0.3, -0.25) is 9.10 Å². The van der Waals surface area contributed by atoms with E-state index in [-0.39, 0.29) is 12.5 Å². The van der Waals surface area contributed by atoms with E-state index < -0.39 is 10.0 Å². The summed E-state index contributed by atoms with van der Waals surface area (Å²) in [4.78, 5) is 12.9. The number of hydrogen-bond acceptors (Lipinski definition) is 4. The molecule has 0 spiro atoms. The molecule has 0 aliphatic carbocycles. The number of nitrogens with zero attached hydrogens (tertiary/aromatic N) is 1. The number of methoxy groups -OCH3 is 1. The van der Waals surface area contributed by atoms with Crippen molar-refractivity contribution in [2.75, 3.05) is 23.0 Å². The molecule has 1 N–H and O–H groups in total. The van der Waals surface area contributed by atoms with Crippen LogP contribution in [0.2, 0.25) is 0 Å². The number of nitrogens with one attached hydrogen (secondary N) is 1.